The molecule has 0 atom stereocenters. The molecule has 0 aromatic rings. The summed E-state index contributed by atoms with van der Waals surface area (Å²) in [5, 5.41) is 3.56. The third kappa shape index (κ3) is 2.73. The van der Waals surface area contributed by atoms with E-state index in [1.54, 1.807) is 0 Å². The summed E-state index contributed by atoms with van der Waals surface area (Å²) in [5.74, 6) is 0. The molecule has 0 bridgehead atoms. The van der Waals surface area contributed by atoms with Crippen LogP contribution in [-0.4, -0.2) is 44.9 Å². The Labute approximate surface area is 61.4 Å². The summed E-state index contributed by atoms with van der Waals surface area (Å²) < 4.78 is 0. The summed E-state index contributed by atoms with van der Waals surface area (Å²) >= 11 is 0. The van der Waals surface area contributed by atoms with E-state index in [1.807, 2.05) is 37.8 Å². The van der Waals surface area contributed by atoms with E-state index in [9.17, 15) is 0 Å². The SMILES string of the molecule is CN(C)B(N=[N+]=[N-])N(C)C. The highest BCUT2D eigenvalue weighted by molar-refractivity contribution is 6.50. The normalized spacial score (nSPS) is 9.80. The topological polar surface area (TPSA) is 55.2 Å². The van der Waals surface area contributed by atoms with Crippen molar-refractivity contribution < 1.29 is 0 Å². The van der Waals surface area contributed by atoms with E-state index in [2.05, 4.69) is 9.94 Å². The third-order valence-corrected chi connectivity index (χ3v) is 1.08. The predicted molar refractivity (Wildman–Crippen MR) is 42.3 cm³/mol. The van der Waals surface area contributed by atoms with Crippen molar-refractivity contribution in [2.24, 2.45) is 5.03 Å². The van der Waals surface area contributed by atoms with Crippen LogP contribution in [0, 0.1) is 0 Å². The summed E-state index contributed by atoms with van der Waals surface area (Å²) in [4.78, 5) is 6.39. The first-order chi connectivity index (χ1) is 4.59. The highest BCUT2D eigenvalue weighted by Crippen LogP contribution is 1.92. The summed E-state index contributed by atoms with van der Waals surface area (Å²) in [5.41, 5.74) is 8.14. The molecule has 0 N–H and O–H groups in total. The zero-order valence-corrected chi connectivity index (χ0v) is 6.81. The van der Waals surface area contributed by atoms with Crippen molar-refractivity contribution in [3.8, 4) is 0 Å². The number of hydrogen-bond donors (Lipinski definition) is 0. The highest BCUT2D eigenvalue weighted by Gasteiger charge is 2.17. The first kappa shape index (κ1) is 9.29. The lowest BCUT2D eigenvalue weighted by atomic mass is 9.92. The zero-order chi connectivity index (χ0) is 8.15. The second-order valence-electron chi connectivity index (χ2n) is 2.48. The fraction of sp³-hybridized carbons (Fsp3) is 1.00. The molecule has 0 spiro atoms. The number of hydrogen-bond acceptors (Lipinski definition) is 3. The van der Waals surface area contributed by atoms with Crippen LogP contribution in [0.4, 0.5) is 0 Å². The Hall–Kier alpha value is -0.705. The largest absolute Gasteiger partial charge is 0.407 e. The van der Waals surface area contributed by atoms with Gasteiger partial charge in [-0.05, 0) is 38.6 Å². The van der Waals surface area contributed by atoms with Crippen LogP contribution in [0.25, 0.3) is 10.4 Å². The highest BCUT2D eigenvalue weighted by atomic mass is 15.3. The van der Waals surface area contributed by atoms with Crippen LogP contribution in [-0.2, 0) is 0 Å². The van der Waals surface area contributed by atoms with E-state index in [-0.39, 0.29) is 7.12 Å². The summed E-state index contributed by atoms with van der Waals surface area (Å²) in [6.07, 6.45) is 0. The second kappa shape index (κ2) is 4.16. The monoisotopic (exact) mass is 141 g/mol. The van der Waals surface area contributed by atoms with Gasteiger partial charge >= 0.3 is 7.12 Å². The quantitative estimate of drug-likeness (QED) is 0.247. The van der Waals surface area contributed by atoms with Crippen LogP contribution in [0.1, 0.15) is 0 Å². The van der Waals surface area contributed by atoms with Crippen LogP contribution in [0.2, 0.25) is 0 Å². The first-order valence-electron chi connectivity index (χ1n) is 2.96. The van der Waals surface area contributed by atoms with Gasteiger partial charge in [-0.3, -0.25) is 0 Å². The van der Waals surface area contributed by atoms with E-state index in [0.717, 1.165) is 0 Å². The number of rotatable bonds is 3. The Morgan fingerprint density at radius 3 is 1.70 bits per heavy atom. The molecule has 0 aliphatic rings. The molecule has 6 heteroatoms. The molecule has 0 radical (unpaired) electrons. The maximum Gasteiger partial charge on any atom is 0.407 e. The van der Waals surface area contributed by atoms with Gasteiger partial charge in [-0.1, -0.05) is 0 Å². The fourth-order valence-electron chi connectivity index (χ4n) is 0.715. The molecule has 0 aliphatic heterocycles. The minimum Gasteiger partial charge on any atom is -0.330 e. The maximum atomic E-state index is 8.14. The molecule has 10 heavy (non-hydrogen) atoms. The smallest absolute Gasteiger partial charge is 0.330 e. The van der Waals surface area contributed by atoms with E-state index in [0.29, 0.717) is 0 Å². The van der Waals surface area contributed by atoms with Gasteiger partial charge in [-0.2, -0.15) is 0 Å². The van der Waals surface area contributed by atoms with E-state index >= 15 is 0 Å². The predicted octanol–water partition coefficient (Wildman–Crippen LogP) is 0.405. The van der Waals surface area contributed by atoms with Crippen molar-refractivity contribution in [3.63, 3.8) is 0 Å². The summed E-state index contributed by atoms with van der Waals surface area (Å²) in [7, 11) is 7.25. The van der Waals surface area contributed by atoms with Crippen molar-refractivity contribution >= 4 is 7.12 Å². The lowest BCUT2D eigenvalue weighted by Crippen LogP contribution is -2.43. The van der Waals surface area contributed by atoms with Gasteiger partial charge < -0.3 is 9.62 Å². The molecule has 0 aliphatic carbocycles. The molecule has 0 aromatic carbocycles. The molecule has 5 nitrogen and oxygen atoms in total. The van der Waals surface area contributed by atoms with Gasteiger partial charge in [0.2, 0.25) is 0 Å². The molecule has 0 saturated carbocycles. The average molecular weight is 141 g/mol. The molecular weight excluding hydrogens is 129 g/mol. The van der Waals surface area contributed by atoms with Crippen LogP contribution in [0.3, 0.4) is 0 Å². The van der Waals surface area contributed by atoms with Gasteiger partial charge in [0.25, 0.3) is 0 Å². The molecule has 0 saturated heterocycles. The Morgan fingerprint density at radius 1 is 1.20 bits per heavy atom. The van der Waals surface area contributed by atoms with Gasteiger partial charge in [0.15, 0.2) is 0 Å². The number of azide groups is 1. The second-order valence-corrected chi connectivity index (χ2v) is 2.48. The molecule has 0 fully saturated rings. The van der Waals surface area contributed by atoms with Crippen LogP contribution >= 0.6 is 0 Å². The van der Waals surface area contributed by atoms with Crippen molar-refractivity contribution in [2.75, 3.05) is 28.2 Å². The molecule has 0 rings (SSSR count). The minimum atomic E-state index is -0.190. The molecule has 56 valence electrons. The molecular formula is C4H12BN5. The van der Waals surface area contributed by atoms with E-state index in [4.69, 9.17) is 5.53 Å². The zero-order valence-electron chi connectivity index (χ0n) is 6.81. The molecule has 0 heterocycles. The summed E-state index contributed by atoms with van der Waals surface area (Å²) in [6.45, 7) is 0. The third-order valence-electron chi connectivity index (χ3n) is 1.08. The molecule has 0 amide bonds. The molecule has 0 unspecified atom stereocenters. The Bertz CT molecular complexity index is 131. The number of nitrogens with zero attached hydrogens (tertiary/aromatic N) is 5. The van der Waals surface area contributed by atoms with Crippen molar-refractivity contribution in [1.29, 1.82) is 0 Å². The van der Waals surface area contributed by atoms with E-state index < -0.39 is 0 Å². The first-order valence-corrected chi connectivity index (χ1v) is 2.96. The van der Waals surface area contributed by atoms with Crippen LogP contribution in [0.5, 0.6) is 0 Å². The average Bonchev–Trinajstić information content (AvgIpc) is 1.81. The Balaban J connectivity index is 4.11. The maximum absolute atomic E-state index is 8.14. The van der Waals surface area contributed by atoms with E-state index in [1.165, 1.54) is 0 Å². The lowest BCUT2D eigenvalue weighted by Gasteiger charge is -2.21. The fourth-order valence-corrected chi connectivity index (χ4v) is 0.715. The minimum absolute atomic E-state index is 0.190. The van der Waals surface area contributed by atoms with Crippen molar-refractivity contribution in [1.82, 2.24) is 9.62 Å². The lowest BCUT2D eigenvalue weighted by molar-refractivity contribution is 0.517. The molecule has 0 aromatic heterocycles. The van der Waals surface area contributed by atoms with Crippen LogP contribution < -0.4 is 0 Å². The van der Waals surface area contributed by atoms with Gasteiger partial charge in [-0.15, -0.1) is 5.03 Å². The van der Waals surface area contributed by atoms with Crippen molar-refractivity contribution in [3.05, 3.63) is 10.4 Å². The Morgan fingerprint density at radius 2 is 1.60 bits per heavy atom. The standard InChI is InChI=1S/C4H12BN5/c1-9(2)5(7-8-6)10(3)4/h1-4H3. The van der Waals surface area contributed by atoms with Crippen molar-refractivity contribution in [2.45, 2.75) is 0 Å². The summed E-state index contributed by atoms with van der Waals surface area (Å²) in [6, 6.07) is 0. The Kier molecular flexibility index (Phi) is 3.87. The van der Waals surface area contributed by atoms with Gasteiger partial charge in [-0.25, -0.2) is 0 Å². The van der Waals surface area contributed by atoms with Crippen LogP contribution in [0.15, 0.2) is 5.03 Å². The van der Waals surface area contributed by atoms with Gasteiger partial charge in [0.05, 0.1) is 0 Å². The van der Waals surface area contributed by atoms with Gasteiger partial charge in [0.1, 0.15) is 0 Å². The van der Waals surface area contributed by atoms with Gasteiger partial charge in [0, 0.05) is 0 Å².